The molecule has 0 saturated heterocycles. The lowest BCUT2D eigenvalue weighted by atomic mass is 9.97. The normalized spacial score (nSPS) is 10.7. The number of aryl methyl sites for hydroxylation is 1. The zero-order valence-corrected chi connectivity index (χ0v) is 10.3. The van der Waals surface area contributed by atoms with Gasteiger partial charge in [-0.3, -0.25) is 0 Å². The van der Waals surface area contributed by atoms with E-state index in [-0.39, 0.29) is 0 Å². The Labute approximate surface area is 106 Å². The van der Waals surface area contributed by atoms with E-state index in [1.165, 1.54) is 11.1 Å². The van der Waals surface area contributed by atoms with Crippen LogP contribution >= 0.6 is 0 Å². The lowest BCUT2D eigenvalue weighted by Crippen LogP contribution is -1.83. The van der Waals surface area contributed by atoms with Gasteiger partial charge in [0.25, 0.3) is 0 Å². The highest BCUT2D eigenvalue weighted by atomic mass is 16.3. The number of furan rings is 1. The summed E-state index contributed by atoms with van der Waals surface area (Å²) in [6.45, 7) is 5.89. The summed E-state index contributed by atoms with van der Waals surface area (Å²) in [5.74, 6) is 0.950. The average molecular weight is 234 g/mol. The molecule has 88 valence electrons. The molecular weight excluding hydrogens is 220 g/mol. The van der Waals surface area contributed by atoms with Crippen LogP contribution in [-0.4, -0.2) is 0 Å². The predicted molar refractivity (Wildman–Crippen MR) is 76.5 cm³/mol. The minimum absolute atomic E-state index is 0.934. The van der Waals surface area contributed by atoms with Crippen LogP contribution in [0, 0.1) is 6.92 Å². The molecule has 1 heterocycles. The van der Waals surface area contributed by atoms with Gasteiger partial charge in [0.2, 0.25) is 0 Å². The lowest BCUT2D eigenvalue weighted by Gasteiger charge is -2.05. The molecule has 0 amide bonds. The van der Waals surface area contributed by atoms with Gasteiger partial charge in [0.05, 0.1) is 0 Å². The van der Waals surface area contributed by atoms with Crippen molar-refractivity contribution in [1.29, 1.82) is 0 Å². The summed E-state index contributed by atoms with van der Waals surface area (Å²) in [7, 11) is 0. The van der Waals surface area contributed by atoms with Gasteiger partial charge in [-0.05, 0) is 24.1 Å². The van der Waals surface area contributed by atoms with Crippen LogP contribution < -0.4 is 0 Å². The summed E-state index contributed by atoms with van der Waals surface area (Å²) < 4.78 is 5.82. The fourth-order valence-electron chi connectivity index (χ4n) is 2.41. The molecule has 18 heavy (non-hydrogen) atoms. The first-order valence-electron chi connectivity index (χ1n) is 6.01. The van der Waals surface area contributed by atoms with E-state index in [0.717, 1.165) is 22.3 Å². The second-order valence-corrected chi connectivity index (χ2v) is 4.32. The molecule has 0 aliphatic rings. The highest BCUT2D eigenvalue weighted by molar-refractivity contribution is 5.97. The number of benzene rings is 2. The average Bonchev–Trinajstić information content (AvgIpc) is 2.74. The van der Waals surface area contributed by atoms with E-state index in [4.69, 9.17) is 4.42 Å². The Bertz CT molecular complexity index is 719. The minimum Gasteiger partial charge on any atom is -0.461 e. The van der Waals surface area contributed by atoms with Crippen molar-refractivity contribution in [3.8, 4) is 11.1 Å². The second kappa shape index (κ2) is 4.19. The lowest BCUT2D eigenvalue weighted by molar-refractivity contribution is 0.580. The Morgan fingerprint density at radius 1 is 1.00 bits per heavy atom. The van der Waals surface area contributed by atoms with Gasteiger partial charge in [-0.2, -0.15) is 0 Å². The monoisotopic (exact) mass is 234 g/mol. The fraction of sp³-hybridized carbons (Fsp3) is 0.0588. The third kappa shape index (κ3) is 1.56. The fourth-order valence-corrected chi connectivity index (χ4v) is 2.41. The Kier molecular flexibility index (Phi) is 2.52. The van der Waals surface area contributed by atoms with Crippen LogP contribution in [0.15, 0.2) is 59.5 Å². The number of para-hydroxylation sites is 1. The van der Waals surface area contributed by atoms with Crippen LogP contribution in [0.5, 0.6) is 0 Å². The molecule has 3 rings (SSSR count). The summed E-state index contributed by atoms with van der Waals surface area (Å²) >= 11 is 0. The van der Waals surface area contributed by atoms with E-state index < -0.39 is 0 Å². The highest BCUT2D eigenvalue weighted by Gasteiger charge is 2.13. The third-order valence-electron chi connectivity index (χ3n) is 3.22. The first-order valence-corrected chi connectivity index (χ1v) is 6.01. The highest BCUT2D eigenvalue weighted by Crippen LogP contribution is 2.36. The zero-order valence-electron chi connectivity index (χ0n) is 10.3. The predicted octanol–water partition coefficient (Wildman–Crippen LogP) is 5.05. The van der Waals surface area contributed by atoms with Crippen molar-refractivity contribution in [1.82, 2.24) is 0 Å². The zero-order chi connectivity index (χ0) is 12.5. The second-order valence-electron chi connectivity index (χ2n) is 4.32. The Hall–Kier alpha value is -2.28. The Morgan fingerprint density at radius 2 is 1.72 bits per heavy atom. The van der Waals surface area contributed by atoms with Crippen LogP contribution in [0.4, 0.5) is 0 Å². The SMILES string of the molecule is C=Cc1ccccc1-c1c(C)oc2ccccc12. The molecule has 2 aromatic carbocycles. The van der Waals surface area contributed by atoms with Crippen molar-refractivity contribution in [3.05, 3.63) is 66.4 Å². The largest absolute Gasteiger partial charge is 0.461 e. The van der Waals surface area contributed by atoms with E-state index in [2.05, 4.69) is 24.8 Å². The molecule has 1 aromatic heterocycles. The topological polar surface area (TPSA) is 13.1 Å². The molecule has 0 fully saturated rings. The van der Waals surface area contributed by atoms with Crippen LogP contribution in [0.3, 0.4) is 0 Å². The van der Waals surface area contributed by atoms with E-state index in [0.29, 0.717) is 0 Å². The summed E-state index contributed by atoms with van der Waals surface area (Å²) in [6.07, 6.45) is 1.89. The first-order chi connectivity index (χ1) is 8.81. The standard InChI is InChI=1S/C17H14O/c1-3-13-8-4-5-9-14(13)17-12(2)18-16-11-7-6-10-15(16)17/h3-11H,1H2,2H3. The number of hydrogen-bond acceptors (Lipinski definition) is 1. The molecular formula is C17H14O. The van der Waals surface area contributed by atoms with Crippen molar-refractivity contribution in [2.75, 3.05) is 0 Å². The van der Waals surface area contributed by atoms with Crippen LogP contribution in [0.2, 0.25) is 0 Å². The molecule has 1 heteroatoms. The van der Waals surface area contributed by atoms with Gasteiger partial charge in [-0.1, -0.05) is 55.1 Å². The van der Waals surface area contributed by atoms with Crippen molar-refractivity contribution >= 4 is 17.0 Å². The summed E-state index contributed by atoms with van der Waals surface area (Å²) in [6, 6.07) is 16.4. The van der Waals surface area contributed by atoms with E-state index >= 15 is 0 Å². The maximum atomic E-state index is 5.82. The van der Waals surface area contributed by atoms with Crippen molar-refractivity contribution in [2.45, 2.75) is 6.92 Å². The van der Waals surface area contributed by atoms with Crippen LogP contribution in [0.1, 0.15) is 11.3 Å². The molecule has 0 N–H and O–H groups in total. The molecule has 0 radical (unpaired) electrons. The van der Waals surface area contributed by atoms with E-state index in [1.54, 1.807) is 0 Å². The first kappa shape index (κ1) is 10.8. The van der Waals surface area contributed by atoms with E-state index in [9.17, 15) is 0 Å². The van der Waals surface area contributed by atoms with Gasteiger partial charge in [-0.15, -0.1) is 0 Å². The molecule has 0 atom stereocenters. The van der Waals surface area contributed by atoms with Crippen LogP contribution in [-0.2, 0) is 0 Å². The van der Waals surface area contributed by atoms with Gasteiger partial charge in [-0.25, -0.2) is 0 Å². The minimum atomic E-state index is 0.934. The molecule has 0 aliphatic heterocycles. The smallest absolute Gasteiger partial charge is 0.134 e. The number of fused-ring (bicyclic) bond motifs is 1. The van der Waals surface area contributed by atoms with Crippen molar-refractivity contribution in [3.63, 3.8) is 0 Å². The molecule has 0 saturated carbocycles. The summed E-state index contributed by atoms with van der Waals surface area (Å²) in [4.78, 5) is 0. The molecule has 1 nitrogen and oxygen atoms in total. The molecule has 3 aromatic rings. The maximum absolute atomic E-state index is 5.82. The number of hydrogen-bond donors (Lipinski definition) is 0. The van der Waals surface area contributed by atoms with Gasteiger partial charge >= 0.3 is 0 Å². The van der Waals surface area contributed by atoms with Crippen molar-refractivity contribution < 1.29 is 4.42 Å². The van der Waals surface area contributed by atoms with Crippen LogP contribution in [0.25, 0.3) is 28.2 Å². The number of rotatable bonds is 2. The summed E-state index contributed by atoms with van der Waals surface area (Å²) in [5.41, 5.74) is 4.41. The van der Waals surface area contributed by atoms with Gasteiger partial charge in [0.15, 0.2) is 0 Å². The molecule has 0 spiro atoms. The van der Waals surface area contributed by atoms with Gasteiger partial charge in [0.1, 0.15) is 11.3 Å². The Balaban J connectivity index is 2.38. The third-order valence-corrected chi connectivity index (χ3v) is 3.22. The molecule has 0 unspecified atom stereocenters. The van der Waals surface area contributed by atoms with Crippen molar-refractivity contribution in [2.24, 2.45) is 0 Å². The summed E-state index contributed by atoms with van der Waals surface area (Å²) in [5, 5.41) is 1.16. The van der Waals surface area contributed by atoms with Gasteiger partial charge < -0.3 is 4.42 Å². The maximum Gasteiger partial charge on any atom is 0.134 e. The molecule has 0 bridgehead atoms. The van der Waals surface area contributed by atoms with Gasteiger partial charge in [0, 0.05) is 10.9 Å². The van der Waals surface area contributed by atoms with E-state index in [1.807, 2.05) is 43.3 Å². The quantitative estimate of drug-likeness (QED) is 0.604. The molecule has 0 aliphatic carbocycles. The Morgan fingerprint density at radius 3 is 2.56 bits per heavy atom.